The standard InChI is InChI=1S/C21H28N6O2.HI/c1-5-19-25-20(29-27-19)16-8-6-15(7-9-16)10-11-23-21(22-4)24-13-17-12-18(14(2)3)26-28-17;/h6-9,12,14H,5,10-11,13H2,1-4H3,(H2,22,23,24);1H. The van der Waals surface area contributed by atoms with Crippen LogP contribution in [-0.4, -0.2) is 34.8 Å². The fraction of sp³-hybridized carbons (Fsp3) is 0.429. The number of benzene rings is 1. The number of hydrogen-bond acceptors (Lipinski definition) is 6. The van der Waals surface area contributed by atoms with Crippen molar-refractivity contribution in [3.05, 3.63) is 53.2 Å². The molecule has 0 aliphatic heterocycles. The lowest BCUT2D eigenvalue weighted by Crippen LogP contribution is -2.37. The van der Waals surface area contributed by atoms with Crippen LogP contribution in [-0.2, 0) is 19.4 Å². The van der Waals surface area contributed by atoms with Crippen molar-refractivity contribution in [1.29, 1.82) is 0 Å². The molecule has 0 radical (unpaired) electrons. The molecule has 0 amide bonds. The van der Waals surface area contributed by atoms with Gasteiger partial charge in [-0.25, -0.2) is 0 Å². The van der Waals surface area contributed by atoms with E-state index in [1.165, 1.54) is 5.56 Å². The average Bonchev–Trinajstić information content (AvgIpc) is 3.40. The van der Waals surface area contributed by atoms with Gasteiger partial charge in [0.25, 0.3) is 5.89 Å². The summed E-state index contributed by atoms with van der Waals surface area (Å²) in [7, 11) is 1.75. The first-order chi connectivity index (χ1) is 14.1. The van der Waals surface area contributed by atoms with Crippen molar-refractivity contribution in [1.82, 2.24) is 25.9 Å². The van der Waals surface area contributed by atoms with Gasteiger partial charge in [-0.15, -0.1) is 24.0 Å². The molecule has 162 valence electrons. The number of nitrogens with one attached hydrogen (secondary N) is 2. The molecule has 3 aromatic rings. The van der Waals surface area contributed by atoms with E-state index in [1.54, 1.807) is 7.05 Å². The van der Waals surface area contributed by atoms with Crippen LogP contribution in [0, 0.1) is 0 Å². The number of halogens is 1. The third-order valence-corrected chi connectivity index (χ3v) is 4.51. The zero-order chi connectivity index (χ0) is 20.6. The van der Waals surface area contributed by atoms with E-state index in [2.05, 4.69) is 56.9 Å². The van der Waals surface area contributed by atoms with E-state index < -0.39 is 0 Å². The minimum Gasteiger partial charge on any atom is -0.359 e. The monoisotopic (exact) mass is 524 g/mol. The summed E-state index contributed by atoms with van der Waals surface area (Å²) < 4.78 is 10.6. The summed E-state index contributed by atoms with van der Waals surface area (Å²) in [5, 5.41) is 14.6. The first kappa shape index (κ1) is 23.8. The van der Waals surface area contributed by atoms with E-state index in [0.29, 0.717) is 18.4 Å². The molecule has 8 nitrogen and oxygen atoms in total. The van der Waals surface area contributed by atoms with Crippen molar-refractivity contribution in [3.8, 4) is 11.5 Å². The number of hydrogen-bond donors (Lipinski definition) is 2. The quantitative estimate of drug-likeness (QED) is 0.262. The van der Waals surface area contributed by atoms with Gasteiger partial charge in [0.2, 0.25) is 0 Å². The minimum absolute atomic E-state index is 0. The van der Waals surface area contributed by atoms with Crippen molar-refractivity contribution in [3.63, 3.8) is 0 Å². The molecule has 0 fully saturated rings. The Balaban J connectivity index is 0.00000320. The smallest absolute Gasteiger partial charge is 0.257 e. The summed E-state index contributed by atoms with van der Waals surface area (Å²) in [4.78, 5) is 8.60. The summed E-state index contributed by atoms with van der Waals surface area (Å²) in [5.41, 5.74) is 3.10. The molecule has 2 aromatic heterocycles. The van der Waals surface area contributed by atoms with Crippen molar-refractivity contribution >= 4 is 29.9 Å². The first-order valence-electron chi connectivity index (χ1n) is 9.91. The number of aromatic nitrogens is 3. The van der Waals surface area contributed by atoms with Crippen molar-refractivity contribution < 1.29 is 9.05 Å². The molecular weight excluding hydrogens is 495 g/mol. The van der Waals surface area contributed by atoms with Gasteiger partial charge in [-0.1, -0.05) is 43.2 Å². The van der Waals surface area contributed by atoms with Crippen LogP contribution < -0.4 is 10.6 Å². The van der Waals surface area contributed by atoms with Crippen molar-refractivity contribution in [2.45, 2.75) is 46.1 Å². The van der Waals surface area contributed by atoms with Crippen molar-refractivity contribution in [2.24, 2.45) is 4.99 Å². The van der Waals surface area contributed by atoms with Crippen LogP contribution in [0.2, 0.25) is 0 Å². The molecule has 9 heteroatoms. The molecule has 0 atom stereocenters. The van der Waals surface area contributed by atoms with Crippen LogP contribution in [0.25, 0.3) is 11.5 Å². The highest BCUT2D eigenvalue weighted by Crippen LogP contribution is 2.18. The maximum Gasteiger partial charge on any atom is 0.257 e. The van der Waals surface area contributed by atoms with Gasteiger partial charge in [-0.05, 0) is 30.0 Å². The van der Waals surface area contributed by atoms with Gasteiger partial charge in [0.15, 0.2) is 17.5 Å². The molecule has 0 spiro atoms. The van der Waals surface area contributed by atoms with Gasteiger partial charge in [0.05, 0.1) is 12.2 Å². The van der Waals surface area contributed by atoms with E-state index in [1.807, 2.05) is 25.1 Å². The van der Waals surface area contributed by atoms with Crippen molar-refractivity contribution in [2.75, 3.05) is 13.6 Å². The molecule has 0 unspecified atom stereocenters. The second-order valence-electron chi connectivity index (χ2n) is 7.04. The van der Waals surface area contributed by atoms with Gasteiger partial charge in [0, 0.05) is 31.6 Å². The Morgan fingerprint density at radius 1 is 1.10 bits per heavy atom. The zero-order valence-electron chi connectivity index (χ0n) is 17.8. The normalized spacial score (nSPS) is 11.4. The van der Waals surface area contributed by atoms with Gasteiger partial charge in [-0.3, -0.25) is 4.99 Å². The van der Waals surface area contributed by atoms with Crippen LogP contribution in [0.4, 0.5) is 0 Å². The van der Waals surface area contributed by atoms with Gasteiger partial charge in [-0.2, -0.15) is 4.98 Å². The number of nitrogens with zero attached hydrogens (tertiary/aromatic N) is 4. The lowest BCUT2D eigenvalue weighted by atomic mass is 10.1. The Bertz CT molecular complexity index is 933. The Morgan fingerprint density at radius 2 is 1.87 bits per heavy atom. The lowest BCUT2D eigenvalue weighted by molar-refractivity contribution is 0.372. The summed E-state index contributed by atoms with van der Waals surface area (Å²) in [6.45, 7) is 7.48. The fourth-order valence-corrected chi connectivity index (χ4v) is 2.73. The van der Waals surface area contributed by atoms with Crippen LogP contribution in [0.1, 0.15) is 49.5 Å². The van der Waals surface area contributed by atoms with E-state index >= 15 is 0 Å². The van der Waals surface area contributed by atoms with Crippen LogP contribution >= 0.6 is 24.0 Å². The number of aliphatic imine (C=N–C) groups is 1. The lowest BCUT2D eigenvalue weighted by Gasteiger charge is -2.10. The van der Waals surface area contributed by atoms with Crippen LogP contribution in [0.5, 0.6) is 0 Å². The SMILES string of the molecule is CCc1noc(-c2ccc(CCNC(=NC)NCc3cc(C(C)C)no3)cc2)n1.I. The minimum atomic E-state index is 0. The summed E-state index contributed by atoms with van der Waals surface area (Å²) >= 11 is 0. The Hall–Kier alpha value is -2.43. The second kappa shape index (κ2) is 11.7. The Labute approximate surface area is 193 Å². The molecule has 0 saturated heterocycles. The molecule has 2 heterocycles. The highest BCUT2D eigenvalue weighted by Gasteiger charge is 2.09. The number of aryl methyl sites for hydroxylation is 1. The van der Waals surface area contributed by atoms with E-state index in [9.17, 15) is 0 Å². The second-order valence-corrected chi connectivity index (χ2v) is 7.04. The largest absolute Gasteiger partial charge is 0.359 e. The molecule has 30 heavy (non-hydrogen) atoms. The number of rotatable bonds is 8. The first-order valence-corrected chi connectivity index (χ1v) is 9.91. The Morgan fingerprint density at radius 3 is 2.47 bits per heavy atom. The Kier molecular flexibility index (Phi) is 9.28. The predicted molar refractivity (Wildman–Crippen MR) is 127 cm³/mol. The average molecular weight is 524 g/mol. The highest BCUT2D eigenvalue weighted by molar-refractivity contribution is 14.0. The predicted octanol–water partition coefficient (Wildman–Crippen LogP) is 3.94. The van der Waals surface area contributed by atoms with E-state index in [-0.39, 0.29) is 24.0 Å². The van der Waals surface area contributed by atoms with E-state index in [0.717, 1.165) is 48.2 Å². The maximum absolute atomic E-state index is 5.34. The summed E-state index contributed by atoms with van der Waals surface area (Å²) in [6, 6.07) is 10.1. The molecular formula is C21H29IN6O2. The molecule has 2 N–H and O–H groups in total. The van der Waals surface area contributed by atoms with Crippen LogP contribution in [0.3, 0.4) is 0 Å². The van der Waals surface area contributed by atoms with E-state index in [4.69, 9.17) is 9.05 Å². The maximum atomic E-state index is 5.34. The fourth-order valence-electron chi connectivity index (χ4n) is 2.73. The molecule has 3 rings (SSSR count). The van der Waals surface area contributed by atoms with Crippen LogP contribution in [0.15, 0.2) is 44.4 Å². The topological polar surface area (TPSA) is 101 Å². The summed E-state index contributed by atoms with van der Waals surface area (Å²) in [6.07, 6.45) is 1.63. The third kappa shape index (κ3) is 6.54. The third-order valence-electron chi connectivity index (χ3n) is 4.51. The van der Waals surface area contributed by atoms with Gasteiger partial charge < -0.3 is 19.7 Å². The molecule has 0 saturated carbocycles. The molecule has 1 aromatic carbocycles. The number of guanidine groups is 1. The van der Waals surface area contributed by atoms with Gasteiger partial charge >= 0.3 is 0 Å². The molecule has 0 aliphatic rings. The highest BCUT2D eigenvalue weighted by atomic mass is 127. The molecule has 0 bridgehead atoms. The zero-order valence-corrected chi connectivity index (χ0v) is 20.1. The molecule has 0 aliphatic carbocycles. The van der Waals surface area contributed by atoms with Gasteiger partial charge in [0.1, 0.15) is 0 Å². The summed E-state index contributed by atoms with van der Waals surface area (Å²) in [5.74, 6) is 3.15.